The highest BCUT2D eigenvalue weighted by atomic mass is 32.2. The van der Waals surface area contributed by atoms with E-state index in [1.807, 2.05) is 13.8 Å². The number of hydrogen-bond donors (Lipinski definition) is 1. The Morgan fingerprint density at radius 3 is 2.52 bits per heavy atom. The largest absolute Gasteiger partial charge is 0.493 e. The second kappa shape index (κ2) is 10.4. The third kappa shape index (κ3) is 6.46. The molecule has 0 heterocycles. The molecule has 0 fully saturated rings. The molecule has 0 saturated carbocycles. The van der Waals surface area contributed by atoms with Gasteiger partial charge in [0.2, 0.25) is 0 Å². The summed E-state index contributed by atoms with van der Waals surface area (Å²) >= 11 is 0. The van der Waals surface area contributed by atoms with E-state index in [0.29, 0.717) is 30.3 Å². The van der Waals surface area contributed by atoms with E-state index in [1.165, 1.54) is 24.4 Å². The first-order valence-corrected chi connectivity index (χ1v) is 10.5. The molecule has 10 heteroatoms. The summed E-state index contributed by atoms with van der Waals surface area (Å²) in [6.45, 7) is 5.03. The molecule has 29 heavy (non-hydrogen) atoms. The van der Waals surface area contributed by atoms with Crippen LogP contribution in [0, 0.1) is 10.1 Å². The summed E-state index contributed by atoms with van der Waals surface area (Å²) in [5.41, 5.74) is 0.235. The Bertz CT molecular complexity index is 976. The van der Waals surface area contributed by atoms with Crippen LogP contribution in [0.4, 0.5) is 5.69 Å². The SMILES string of the molecule is CCCOc1ccc(C=NNS(=O)(=O)c2cccc([N+](=O)[O-])c2)c(OCCC)c1. The molecule has 0 aromatic heterocycles. The number of nitro groups is 1. The standard InChI is InChI=1S/C19H23N3O6S/c1-3-10-27-17-9-8-15(19(13-17)28-11-4-2)14-20-21-29(25,26)18-7-5-6-16(12-18)22(23)24/h5-9,12-14,21H,3-4,10-11H2,1-2H3. The van der Waals surface area contributed by atoms with Crippen molar-refractivity contribution < 1.29 is 22.8 Å². The summed E-state index contributed by atoms with van der Waals surface area (Å²) in [5.74, 6) is 1.16. The van der Waals surface area contributed by atoms with Crippen LogP contribution in [0.15, 0.2) is 52.5 Å². The number of rotatable bonds is 11. The first-order valence-electron chi connectivity index (χ1n) is 9.06. The predicted molar refractivity (Wildman–Crippen MR) is 109 cm³/mol. The molecule has 2 rings (SSSR count). The molecule has 9 nitrogen and oxygen atoms in total. The fraction of sp³-hybridized carbons (Fsp3) is 0.316. The normalized spacial score (nSPS) is 11.4. The van der Waals surface area contributed by atoms with Gasteiger partial charge in [0.1, 0.15) is 11.5 Å². The van der Waals surface area contributed by atoms with E-state index in [2.05, 4.69) is 9.93 Å². The maximum absolute atomic E-state index is 12.3. The molecule has 0 radical (unpaired) electrons. The van der Waals surface area contributed by atoms with Crippen LogP contribution >= 0.6 is 0 Å². The molecule has 156 valence electrons. The van der Waals surface area contributed by atoms with E-state index in [4.69, 9.17) is 9.47 Å². The Hall–Kier alpha value is -3.14. The van der Waals surface area contributed by atoms with Crippen LogP contribution in [-0.4, -0.2) is 32.8 Å². The van der Waals surface area contributed by atoms with Crippen LogP contribution in [0.25, 0.3) is 0 Å². The van der Waals surface area contributed by atoms with Gasteiger partial charge in [-0.15, -0.1) is 0 Å². The van der Waals surface area contributed by atoms with Crippen LogP contribution in [0.5, 0.6) is 11.5 Å². The quantitative estimate of drug-likeness (QED) is 0.337. The minimum Gasteiger partial charge on any atom is -0.493 e. The highest BCUT2D eigenvalue weighted by Crippen LogP contribution is 2.24. The zero-order valence-electron chi connectivity index (χ0n) is 16.2. The lowest BCUT2D eigenvalue weighted by Crippen LogP contribution is -2.18. The smallest absolute Gasteiger partial charge is 0.276 e. The molecule has 0 aliphatic carbocycles. The topological polar surface area (TPSA) is 120 Å². The number of nitrogens with zero attached hydrogens (tertiary/aromatic N) is 2. The molecule has 0 spiro atoms. The van der Waals surface area contributed by atoms with Crippen LogP contribution in [0.2, 0.25) is 0 Å². The minimum atomic E-state index is -4.05. The third-order valence-corrected chi connectivity index (χ3v) is 4.86. The van der Waals surface area contributed by atoms with E-state index >= 15 is 0 Å². The number of ether oxygens (including phenoxy) is 2. The fourth-order valence-electron chi connectivity index (χ4n) is 2.25. The number of benzene rings is 2. The zero-order chi connectivity index (χ0) is 21.3. The number of hydrazone groups is 1. The van der Waals surface area contributed by atoms with Gasteiger partial charge in [0.05, 0.1) is 29.2 Å². The van der Waals surface area contributed by atoms with Gasteiger partial charge in [-0.05, 0) is 31.0 Å². The zero-order valence-corrected chi connectivity index (χ0v) is 17.0. The Kier molecular flexibility index (Phi) is 7.96. The van der Waals surface area contributed by atoms with Gasteiger partial charge in [0, 0.05) is 23.8 Å². The molecular weight excluding hydrogens is 398 g/mol. The van der Waals surface area contributed by atoms with Gasteiger partial charge in [0.15, 0.2) is 0 Å². The molecule has 2 aromatic carbocycles. The third-order valence-electron chi connectivity index (χ3n) is 3.63. The molecule has 0 aliphatic heterocycles. The Balaban J connectivity index is 2.19. The summed E-state index contributed by atoms with van der Waals surface area (Å²) in [4.78, 5) is 12.0. The first-order chi connectivity index (χ1) is 13.9. The Labute approximate surface area is 169 Å². The monoisotopic (exact) mass is 421 g/mol. The Morgan fingerprint density at radius 2 is 1.83 bits per heavy atom. The molecular formula is C19H23N3O6S. The second-order valence-corrected chi connectivity index (χ2v) is 7.66. The van der Waals surface area contributed by atoms with Crippen molar-refractivity contribution in [3.63, 3.8) is 0 Å². The highest BCUT2D eigenvalue weighted by molar-refractivity contribution is 7.89. The van der Waals surface area contributed by atoms with Gasteiger partial charge in [-0.25, -0.2) is 4.83 Å². The molecule has 2 aromatic rings. The van der Waals surface area contributed by atoms with E-state index < -0.39 is 14.9 Å². The van der Waals surface area contributed by atoms with E-state index in [-0.39, 0.29) is 10.6 Å². The number of nitro benzene ring substituents is 1. The molecule has 1 N–H and O–H groups in total. The molecule has 0 saturated heterocycles. The van der Waals surface area contributed by atoms with Crippen molar-refractivity contribution in [1.29, 1.82) is 0 Å². The number of non-ortho nitro benzene ring substituents is 1. The Morgan fingerprint density at radius 1 is 1.10 bits per heavy atom. The average Bonchev–Trinajstić information content (AvgIpc) is 2.71. The lowest BCUT2D eigenvalue weighted by molar-refractivity contribution is -0.385. The van der Waals surface area contributed by atoms with Gasteiger partial charge in [-0.2, -0.15) is 13.5 Å². The molecule has 0 bridgehead atoms. The summed E-state index contributed by atoms with van der Waals surface area (Å²) in [7, 11) is -4.05. The van der Waals surface area contributed by atoms with Crippen molar-refractivity contribution in [3.05, 3.63) is 58.1 Å². The van der Waals surface area contributed by atoms with Crippen LogP contribution in [-0.2, 0) is 10.0 Å². The van der Waals surface area contributed by atoms with E-state index in [9.17, 15) is 18.5 Å². The van der Waals surface area contributed by atoms with Crippen molar-refractivity contribution in [2.75, 3.05) is 13.2 Å². The van der Waals surface area contributed by atoms with Crippen molar-refractivity contribution in [2.45, 2.75) is 31.6 Å². The fourth-order valence-corrected chi connectivity index (χ4v) is 3.08. The number of sulfonamides is 1. The average molecular weight is 421 g/mol. The second-order valence-electron chi connectivity index (χ2n) is 6.00. The van der Waals surface area contributed by atoms with Crippen molar-refractivity contribution in [2.24, 2.45) is 5.10 Å². The summed E-state index contributed by atoms with van der Waals surface area (Å²) < 4.78 is 35.9. The molecule has 0 unspecified atom stereocenters. The highest BCUT2D eigenvalue weighted by Gasteiger charge is 2.16. The lowest BCUT2D eigenvalue weighted by Gasteiger charge is -2.11. The summed E-state index contributed by atoms with van der Waals surface area (Å²) in [5, 5.41) is 14.6. The van der Waals surface area contributed by atoms with Crippen molar-refractivity contribution in [3.8, 4) is 11.5 Å². The van der Waals surface area contributed by atoms with Crippen molar-refractivity contribution >= 4 is 21.9 Å². The molecule has 0 atom stereocenters. The minimum absolute atomic E-state index is 0.255. The summed E-state index contributed by atoms with van der Waals surface area (Å²) in [6, 6.07) is 9.89. The van der Waals surface area contributed by atoms with Crippen LogP contribution in [0.3, 0.4) is 0 Å². The van der Waals surface area contributed by atoms with Gasteiger partial charge < -0.3 is 9.47 Å². The van der Waals surface area contributed by atoms with Crippen LogP contribution in [0.1, 0.15) is 32.3 Å². The van der Waals surface area contributed by atoms with Gasteiger partial charge in [-0.3, -0.25) is 10.1 Å². The molecule has 0 aliphatic rings. The first kappa shape index (κ1) is 22.2. The number of nitrogens with one attached hydrogen (secondary N) is 1. The van der Waals surface area contributed by atoms with Gasteiger partial charge >= 0.3 is 0 Å². The summed E-state index contributed by atoms with van der Waals surface area (Å²) in [6.07, 6.45) is 2.98. The maximum atomic E-state index is 12.3. The van der Waals surface area contributed by atoms with E-state index in [0.717, 1.165) is 18.9 Å². The lowest BCUT2D eigenvalue weighted by atomic mass is 10.2. The predicted octanol–water partition coefficient (Wildman–Crippen LogP) is 3.48. The maximum Gasteiger partial charge on any atom is 0.276 e. The van der Waals surface area contributed by atoms with Gasteiger partial charge in [-0.1, -0.05) is 19.9 Å². The van der Waals surface area contributed by atoms with Gasteiger partial charge in [0.25, 0.3) is 15.7 Å². The van der Waals surface area contributed by atoms with E-state index in [1.54, 1.807) is 18.2 Å². The molecule has 0 amide bonds. The number of hydrogen-bond acceptors (Lipinski definition) is 7. The van der Waals surface area contributed by atoms with Crippen molar-refractivity contribution in [1.82, 2.24) is 4.83 Å². The van der Waals surface area contributed by atoms with Crippen LogP contribution < -0.4 is 14.3 Å².